The molecule has 20 heavy (non-hydrogen) atoms. The van der Waals surface area contributed by atoms with Gasteiger partial charge in [0.2, 0.25) is 0 Å². The molecule has 3 rings (SSSR count). The van der Waals surface area contributed by atoms with Crippen LogP contribution in [0.5, 0.6) is 0 Å². The third kappa shape index (κ3) is 2.55. The van der Waals surface area contributed by atoms with Crippen molar-refractivity contribution in [1.82, 2.24) is 0 Å². The molecule has 0 heterocycles. The molecule has 0 spiro atoms. The lowest BCUT2D eigenvalue weighted by Crippen LogP contribution is -2.07. The topological polar surface area (TPSA) is 17.1 Å². The van der Waals surface area contributed by atoms with Crippen molar-refractivity contribution in [3.8, 4) is 0 Å². The third-order valence-electron chi connectivity index (χ3n) is 3.78. The molecule has 0 atom stereocenters. The van der Waals surface area contributed by atoms with Crippen LogP contribution in [0.1, 0.15) is 33.5 Å². The zero-order valence-electron chi connectivity index (χ0n) is 11.0. The van der Waals surface area contributed by atoms with Gasteiger partial charge in [0.1, 0.15) is 5.82 Å². The van der Waals surface area contributed by atoms with Gasteiger partial charge in [0.05, 0.1) is 10.0 Å². The Hall–Kier alpha value is -1.48. The molecular formula is C17H14BrFO. The van der Waals surface area contributed by atoms with E-state index < -0.39 is 5.82 Å². The van der Waals surface area contributed by atoms with Crippen LogP contribution in [-0.2, 0) is 19.3 Å². The van der Waals surface area contributed by atoms with Crippen molar-refractivity contribution in [2.45, 2.75) is 25.7 Å². The Morgan fingerprint density at radius 1 is 1.15 bits per heavy atom. The number of Topliss-reactive ketones (excluding diaryl/α,β-unsaturated/α-hetero) is 1. The van der Waals surface area contributed by atoms with E-state index in [0.29, 0.717) is 4.47 Å². The van der Waals surface area contributed by atoms with Gasteiger partial charge in [-0.2, -0.15) is 0 Å². The lowest BCUT2D eigenvalue weighted by molar-refractivity contribution is 0.0989. The van der Waals surface area contributed by atoms with Crippen LogP contribution in [0.2, 0.25) is 0 Å². The van der Waals surface area contributed by atoms with Crippen LogP contribution in [0.4, 0.5) is 4.39 Å². The second-order valence-corrected chi connectivity index (χ2v) is 6.01. The highest BCUT2D eigenvalue weighted by molar-refractivity contribution is 9.10. The molecule has 0 aliphatic heterocycles. The normalized spacial score (nSPS) is 13.3. The second-order valence-electron chi connectivity index (χ2n) is 5.16. The van der Waals surface area contributed by atoms with E-state index in [0.717, 1.165) is 18.4 Å². The molecule has 0 amide bonds. The summed E-state index contributed by atoms with van der Waals surface area (Å²) in [6.45, 7) is 0. The Labute approximate surface area is 126 Å². The van der Waals surface area contributed by atoms with Gasteiger partial charge in [-0.25, -0.2) is 4.39 Å². The summed E-state index contributed by atoms with van der Waals surface area (Å²) in [7, 11) is 0. The van der Waals surface area contributed by atoms with E-state index in [1.54, 1.807) is 12.1 Å². The summed E-state index contributed by atoms with van der Waals surface area (Å²) in [5.74, 6) is -0.652. The minimum atomic E-state index is -0.473. The van der Waals surface area contributed by atoms with Crippen molar-refractivity contribution in [2.75, 3.05) is 0 Å². The molecule has 1 aliphatic carbocycles. The summed E-state index contributed by atoms with van der Waals surface area (Å²) in [5.41, 5.74) is 3.84. The van der Waals surface area contributed by atoms with Crippen molar-refractivity contribution in [3.05, 3.63) is 68.9 Å². The number of aryl methyl sites for hydroxylation is 2. The summed E-state index contributed by atoms with van der Waals surface area (Å²) in [6.07, 6.45) is 3.65. The van der Waals surface area contributed by atoms with Crippen LogP contribution >= 0.6 is 15.9 Å². The van der Waals surface area contributed by atoms with Gasteiger partial charge in [0.15, 0.2) is 5.78 Å². The maximum absolute atomic E-state index is 13.9. The number of rotatable bonds is 3. The first-order valence-corrected chi connectivity index (χ1v) is 7.52. The molecule has 0 aromatic heterocycles. The highest BCUT2D eigenvalue weighted by atomic mass is 79.9. The number of carbonyl (C=O) groups is 1. The molecule has 102 valence electrons. The SMILES string of the molecule is O=C(Cc1ccc2c(c1)CCC2)c1cccc(Br)c1F. The minimum Gasteiger partial charge on any atom is -0.294 e. The van der Waals surface area contributed by atoms with Crippen molar-refractivity contribution in [1.29, 1.82) is 0 Å². The van der Waals surface area contributed by atoms with Crippen LogP contribution in [0, 0.1) is 5.82 Å². The standard InChI is InChI=1S/C17H14BrFO/c18-15-6-2-5-14(17(15)19)16(20)10-11-7-8-12-3-1-4-13(12)9-11/h2,5-9H,1,3-4,10H2. The van der Waals surface area contributed by atoms with Gasteiger partial charge in [-0.1, -0.05) is 24.3 Å². The number of carbonyl (C=O) groups excluding carboxylic acids is 1. The number of ketones is 1. The number of hydrogen-bond acceptors (Lipinski definition) is 1. The van der Waals surface area contributed by atoms with E-state index in [1.807, 2.05) is 6.07 Å². The van der Waals surface area contributed by atoms with Crippen molar-refractivity contribution < 1.29 is 9.18 Å². The lowest BCUT2D eigenvalue weighted by Gasteiger charge is -2.06. The van der Waals surface area contributed by atoms with Crippen LogP contribution in [0.15, 0.2) is 40.9 Å². The number of hydrogen-bond donors (Lipinski definition) is 0. The molecule has 1 nitrogen and oxygen atoms in total. The zero-order chi connectivity index (χ0) is 14.1. The molecule has 0 unspecified atom stereocenters. The summed E-state index contributed by atoms with van der Waals surface area (Å²) in [6, 6.07) is 11.0. The zero-order valence-corrected chi connectivity index (χ0v) is 12.5. The van der Waals surface area contributed by atoms with Gasteiger partial charge in [0, 0.05) is 6.42 Å². The van der Waals surface area contributed by atoms with Gasteiger partial charge in [-0.05, 0) is 64.0 Å². The Bertz CT molecular complexity index is 679. The average molecular weight is 333 g/mol. The van der Waals surface area contributed by atoms with Gasteiger partial charge in [-0.3, -0.25) is 4.79 Å². The fourth-order valence-corrected chi connectivity index (χ4v) is 3.10. The maximum Gasteiger partial charge on any atom is 0.170 e. The minimum absolute atomic E-state index is 0.153. The Morgan fingerprint density at radius 2 is 1.95 bits per heavy atom. The van der Waals surface area contributed by atoms with Crippen molar-refractivity contribution >= 4 is 21.7 Å². The first kappa shape index (κ1) is 13.5. The lowest BCUT2D eigenvalue weighted by atomic mass is 9.99. The first-order valence-electron chi connectivity index (χ1n) is 6.73. The van der Waals surface area contributed by atoms with E-state index in [1.165, 1.54) is 23.6 Å². The van der Waals surface area contributed by atoms with Crippen molar-refractivity contribution in [3.63, 3.8) is 0 Å². The van der Waals surface area contributed by atoms with E-state index in [-0.39, 0.29) is 17.8 Å². The Kier molecular flexibility index (Phi) is 3.70. The predicted octanol–water partition coefficient (Wildman–Crippen LogP) is 4.50. The molecular weight excluding hydrogens is 319 g/mol. The molecule has 2 aromatic carbocycles. The summed E-state index contributed by atoms with van der Waals surface area (Å²) in [5, 5.41) is 0. The maximum atomic E-state index is 13.9. The number of fused-ring (bicyclic) bond motifs is 1. The second kappa shape index (κ2) is 5.49. The molecule has 0 saturated heterocycles. The molecule has 0 saturated carbocycles. The van der Waals surface area contributed by atoms with E-state index in [2.05, 4.69) is 28.1 Å². The fraction of sp³-hybridized carbons (Fsp3) is 0.235. The average Bonchev–Trinajstić information content (AvgIpc) is 2.89. The van der Waals surface area contributed by atoms with Gasteiger partial charge in [0.25, 0.3) is 0 Å². The Balaban J connectivity index is 1.84. The van der Waals surface area contributed by atoms with Gasteiger partial charge < -0.3 is 0 Å². The molecule has 0 N–H and O–H groups in total. The molecule has 0 fully saturated rings. The highest BCUT2D eigenvalue weighted by Gasteiger charge is 2.16. The van der Waals surface area contributed by atoms with Crippen LogP contribution in [-0.4, -0.2) is 5.78 Å². The van der Waals surface area contributed by atoms with Crippen LogP contribution < -0.4 is 0 Å². The smallest absolute Gasteiger partial charge is 0.170 e. The summed E-state index contributed by atoms with van der Waals surface area (Å²) >= 11 is 3.11. The number of halogens is 2. The summed E-state index contributed by atoms with van der Waals surface area (Å²) in [4.78, 5) is 12.2. The first-order chi connectivity index (χ1) is 9.65. The van der Waals surface area contributed by atoms with Gasteiger partial charge in [-0.15, -0.1) is 0 Å². The van der Waals surface area contributed by atoms with Crippen LogP contribution in [0.25, 0.3) is 0 Å². The molecule has 0 bridgehead atoms. The Morgan fingerprint density at radius 3 is 2.80 bits per heavy atom. The molecule has 0 radical (unpaired) electrons. The fourth-order valence-electron chi connectivity index (χ4n) is 2.73. The predicted molar refractivity (Wildman–Crippen MR) is 80.6 cm³/mol. The monoisotopic (exact) mass is 332 g/mol. The quantitative estimate of drug-likeness (QED) is 0.756. The number of benzene rings is 2. The molecule has 2 aromatic rings. The van der Waals surface area contributed by atoms with Crippen LogP contribution in [0.3, 0.4) is 0 Å². The van der Waals surface area contributed by atoms with Crippen molar-refractivity contribution in [2.24, 2.45) is 0 Å². The largest absolute Gasteiger partial charge is 0.294 e. The molecule has 1 aliphatic rings. The highest BCUT2D eigenvalue weighted by Crippen LogP contribution is 2.24. The van der Waals surface area contributed by atoms with E-state index >= 15 is 0 Å². The molecule has 3 heteroatoms. The van der Waals surface area contributed by atoms with E-state index in [9.17, 15) is 9.18 Å². The van der Waals surface area contributed by atoms with E-state index in [4.69, 9.17) is 0 Å². The van der Waals surface area contributed by atoms with Gasteiger partial charge >= 0.3 is 0 Å². The summed E-state index contributed by atoms with van der Waals surface area (Å²) < 4.78 is 14.2. The third-order valence-corrected chi connectivity index (χ3v) is 4.39.